The highest BCUT2D eigenvalue weighted by molar-refractivity contribution is 7.90. The number of sulfone groups is 1. The highest BCUT2D eigenvalue weighted by Crippen LogP contribution is 2.02. The zero-order valence-corrected chi connectivity index (χ0v) is 7.37. The summed E-state index contributed by atoms with van der Waals surface area (Å²) in [6, 6.07) is 2.94. The van der Waals surface area contributed by atoms with E-state index in [0.717, 1.165) is 6.26 Å². The van der Waals surface area contributed by atoms with Gasteiger partial charge >= 0.3 is 0 Å². The second-order valence-corrected chi connectivity index (χ2v) is 4.30. The minimum atomic E-state index is -3.24. The van der Waals surface area contributed by atoms with E-state index in [4.69, 9.17) is 5.73 Å². The van der Waals surface area contributed by atoms with Gasteiger partial charge in [-0.15, -0.1) is 5.10 Å². The molecule has 0 aliphatic carbocycles. The SMILES string of the molecule is CS(=O)(=O)c1ccc(CN)nn1. The molecule has 1 aromatic heterocycles. The summed E-state index contributed by atoms with van der Waals surface area (Å²) in [7, 11) is -3.24. The molecular formula is C6H9N3O2S. The van der Waals surface area contributed by atoms with Gasteiger partial charge in [-0.05, 0) is 12.1 Å². The normalized spacial score (nSPS) is 11.5. The van der Waals surface area contributed by atoms with Crippen LogP contribution in [0.4, 0.5) is 0 Å². The first-order valence-corrected chi connectivity index (χ1v) is 5.16. The third-order valence-corrected chi connectivity index (χ3v) is 2.26. The van der Waals surface area contributed by atoms with Crippen molar-refractivity contribution in [2.45, 2.75) is 11.6 Å². The van der Waals surface area contributed by atoms with E-state index in [9.17, 15) is 8.42 Å². The van der Waals surface area contributed by atoms with Crippen molar-refractivity contribution in [1.29, 1.82) is 0 Å². The first-order chi connectivity index (χ1) is 5.54. The zero-order valence-electron chi connectivity index (χ0n) is 6.56. The quantitative estimate of drug-likeness (QED) is 0.664. The summed E-state index contributed by atoms with van der Waals surface area (Å²) >= 11 is 0. The molecule has 1 heterocycles. The molecule has 0 amide bonds. The van der Waals surface area contributed by atoms with E-state index in [-0.39, 0.29) is 11.6 Å². The van der Waals surface area contributed by atoms with Crippen molar-refractivity contribution >= 4 is 9.84 Å². The van der Waals surface area contributed by atoms with Gasteiger partial charge in [-0.2, -0.15) is 5.10 Å². The third-order valence-electron chi connectivity index (χ3n) is 1.28. The van der Waals surface area contributed by atoms with Crippen molar-refractivity contribution in [3.8, 4) is 0 Å². The smallest absolute Gasteiger partial charge is 0.194 e. The van der Waals surface area contributed by atoms with E-state index in [2.05, 4.69) is 10.2 Å². The Hall–Kier alpha value is -1.01. The largest absolute Gasteiger partial charge is 0.325 e. The summed E-state index contributed by atoms with van der Waals surface area (Å²) in [4.78, 5) is 0. The molecule has 5 nitrogen and oxygen atoms in total. The summed E-state index contributed by atoms with van der Waals surface area (Å²) in [6.07, 6.45) is 1.08. The molecule has 1 rings (SSSR count). The number of nitrogens with two attached hydrogens (primary N) is 1. The Balaban J connectivity index is 3.09. The number of nitrogens with zero attached hydrogens (tertiary/aromatic N) is 2. The number of aromatic nitrogens is 2. The second kappa shape index (κ2) is 3.16. The Bertz CT molecular complexity index is 357. The number of rotatable bonds is 2. The first-order valence-electron chi connectivity index (χ1n) is 3.27. The van der Waals surface area contributed by atoms with Gasteiger partial charge in [0.2, 0.25) is 0 Å². The van der Waals surface area contributed by atoms with Crippen molar-refractivity contribution in [3.05, 3.63) is 17.8 Å². The monoisotopic (exact) mass is 187 g/mol. The Morgan fingerprint density at radius 1 is 1.42 bits per heavy atom. The number of hydrogen-bond donors (Lipinski definition) is 1. The molecule has 0 aliphatic heterocycles. The molecule has 6 heteroatoms. The molecule has 12 heavy (non-hydrogen) atoms. The van der Waals surface area contributed by atoms with Crippen LogP contribution in [0.15, 0.2) is 17.2 Å². The molecule has 0 fully saturated rings. The van der Waals surface area contributed by atoms with Crippen LogP contribution in [-0.2, 0) is 16.4 Å². The maximum atomic E-state index is 10.9. The average molecular weight is 187 g/mol. The first kappa shape index (κ1) is 9.08. The molecule has 1 aromatic rings. The van der Waals surface area contributed by atoms with Crippen LogP contribution in [0.2, 0.25) is 0 Å². The molecule has 0 radical (unpaired) electrons. The number of hydrogen-bond acceptors (Lipinski definition) is 5. The Kier molecular flexibility index (Phi) is 2.39. The Labute approximate surface area is 70.5 Å². The minimum Gasteiger partial charge on any atom is -0.325 e. The van der Waals surface area contributed by atoms with Gasteiger partial charge < -0.3 is 5.73 Å². The summed E-state index contributed by atoms with van der Waals surface area (Å²) in [6.45, 7) is 0.261. The van der Waals surface area contributed by atoms with Gasteiger partial charge in [0.25, 0.3) is 0 Å². The van der Waals surface area contributed by atoms with Gasteiger partial charge in [-0.3, -0.25) is 0 Å². The molecule has 0 atom stereocenters. The maximum Gasteiger partial charge on any atom is 0.194 e. The van der Waals surface area contributed by atoms with Gasteiger partial charge in [0.05, 0.1) is 5.69 Å². The van der Waals surface area contributed by atoms with Crippen molar-refractivity contribution in [1.82, 2.24) is 10.2 Å². The van der Waals surface area contributed by atoms with Crippen molar-refractivity contribution in [2.24, 2.45) is 5.73 Å². The van der Waals surface area contributed by atoms with Gasteiger partial charge in [0, 0.05) is 12.8 Å². The highest BCUT2D eigenvalue weighted by atomic mass is 32.2. The maximum absolute atomic E-state index is 10.9. The summed E-state index contributed by atoms with van der Waals surface area (Å²) < 4.78 is 21.8. The van der Waals surface area contributed by atoms with E-state index < -0.39 is 9.84 Å². The van der Waals surface area contributed by atoms with E-state index in [0.29, 0.717) is 5.69 Å². The average Bonchev–Trinajstić information content (AvgIpc) is 2.03. The molecule has 0 bridgehead atoms. The molecule has 0 unspecified atom stereocenters. The summed E-state index contributed by atoms with van der Waals surface area (Å²) in [5.41, 5.74) is 5.83. The zero-order chi connectivity index (χ0) is 9.19. The van der Waals surface area contributed by atoms with Crippen LogP contribution in [-0.4, -0.2) is 24.9 Å². The van der Waals surface area contributed by atoms with Crippen LogP contribution in [0.3, 0.4) is 0 Å². The molecule has 0 saturated heterocycles. The highest BCUT2D eigenvalue weighted by Gasteiger charge is 2.08. The van der Waals surface area contributed by atoms with E-state index in [1.165, 1.54) is 6.07 Å². The molecule has 0 aliphatic rings. The van der Waals surface area contributed by atoms with Gasteiger partial charge in [0.15, 0.2) is 14.9 Å². The predicted molar refractivity (Wildman–Crippen MR) is 43.0 cm³/mol. The van der Waals surface area contributed by atoms with Gasteiger partial charge in [-0.1, -0.05) is 0 Å². The lowest BCUT2D eigenvalue weighted by atomic mass is 10.4. The molecule has 0 spiro atoms. The van der Waals surface area contributed by atoms with Crippen LogP contribution in [0.1, 0.15) is 5.69 Å². The lowest BCUT2D eigenvalue weighted by molar-refractivity contribution is 0.595. The van der Waals surface area contributed by atoms with E-state index in [1.807, 2.05) is 0 Å². The van der Waals surface area contributed by atoms with E-state index in [1.54, 1.807) is 6.07 Å². The summed E-state index contributed by atoms with van der Waals surface area (Å²) in [5.74, 6) is 0. The van der Waals surface area contributed by atoms with Crippen LogP contribution in [0.5, 0.6) is 0 Å². The fraction of sp³-hybridized carbons (Fsp3) is 0.333. The van der Waals surface area contributed by atoms with Crippen LogP contribution >= 0.6 is 0 Å². The van der Waals surface area contributed by atoms with Crippen LogP contribution in [0.25, 0.3) is 0 Å². The Morgan fingerprint density at radius 3 is 2.42 bits per heavy atom. The van der Waals surface area contributed by atoms with Crippen LogP contribution < -0.4 is 5.73 Å². The minimum absolute atomic E-state index is 0.0281. The van der Waals surface area contributed by atoms with Crippen molar-refractivity contribution in [2.75, 3.05) is 6.26 Å². The molecule has 2 N–H and O–H groups in total. The summed E-state index contributed by atoms with van der Waals surface area (Å²) in [5, 5.41) is 7.08. The van der Waals surface area contributed by atoms with Crippen LogP contribution in [0, 0.1) is 0 Å². The van der Waals surface area contributed by atoms with Crippen molar-refractivity contribution < 1.29 is 8.42 Å². The van der Waals surface area contributed by atoms with Gasteiger partial charge in [-0.25, -0.2) is 8.42 Å². The van der Waals surface area contributed by atoms with E-state index >= 15 is 0 Å². The lowest BCUT2D eigenvalue weighted by Crippen LogP contribution is -2.06. The van der Waals surface area contributed by atoms with Gasteiger partial charge in [0.1, 0.15) is 0 Å². The molecule has 0 aromatic carbocycles. The fourth-order valence-electron chi connectivity index (χ4n) is 0.654. The molecule has 66 valence electrons. The van der Waals surface area contributed by atoms with Crippen molar-refractivity contribution in [3.63, 3.8) is 0 Å². The standard InChI is InChI=1S/C6H9N3O2S/c1-12(10,11)6-3-2-5(4-7)8-9-6/h2-3H,4,7H2,1H3. The Morgan fingerprint density at radius 2 is 2.08 bits per heavy atom. The predicted octanol–water partition coefficient (Wildman–Crippen LogP) is -0.661. The fourth-order valence-corrected chi connectivity index (χ4v) is 1.16. The molecular weight excluding hydrogens is 178 g/mol. The molecule has 0 saturated carbocycles. The topological polar surface area (TPSA) is 85.9 Å². The second-order valence-electron chi connectivity index (χ2n) is 2.34. The lowest BCUT2D eigenvalue weighted by Gasteiger charge is -1.96. The third kappa shape index (κ3) is 1.99.